The van der Waals surface area contributed by atoms with Crippen LogP contribution < -0.4 is 5.32 Å². The Balaban J connectivity index is 2.12. The summed E-state index contributed by atoms with van der Waals surface area (Å²) in [7, 11) is 1.33. The maximum Gasteiger partial charge on any atom is 0.338 e. The van der Waals surface area contributed by atoms with Crippen LogP contribution in [0.25, 0.3) is 0 Å². The number of hydrogen-bond acceptors (Lipinski definition) is 4. The topological polar surface area (TPSA) is 75.6 Å². The first kappa shape index (κ1) is 15.5. The smallest absolute Gasteiger partial charge is 0.338 e. The minimum Gasteiger partial charge on any atom is -0.478 e. The van der Waals surface area contributed by atoms with Crippen molar-refractivity contribution in [3.05, 3.63) is 59.4 Å². The molecule has 2 aromatic carbocycles. The molecular weight excluding hydrogens is 289 g/mol. The van der Waals surface area contributed by atoms with Crippen molar-refractivity contribution in [1.29, 1.82) is 0 Å². The van der Waals surface area contributed by atoms with Crippen LogP contribution in [0.2, 0.25) is 0 Å². The minimum atomic E-state index is -1.32. The average molecular weight is 303 g/mol. The zero-order chi connectivity index (χ0) is 16.1. The number of carboxylic acid groups (broad SMARTS) is 1. The Morgan fingerprint density at radius 3 is 2.36 bits per heavy atom. The highest BCUT2D eigenvalue weighted by Gasteiger charge is 2.11. The Bertz CT molecular complexity index is 698. The number of benzene rings is 2. The molecule has 0 bridgehead atoms. The lowest BCUT2D eigenvalue weighted by atomic mass is 10.1. The molecule has 2 rings (SSSR count). The van der Waals surface area contributed by atoms with Crippen LogP contribution in [0.15, 0.2) is 42.5 Å². The Kier molecular flexibility index (Phi) is 4.73. The number of carbonyl (C=O) groups excluding carboxylic acids is 1. The van der Waals surface area contributed by atoms with E-state index in [2.05, 4.69) is 10.1 Å². The molecule has 5 nitrogen and oxygen atoms in total. The lowest BCUT2D eigenvalue weighted by molar-refractivity contribution is -0.139. The lowest BCUT2D eigenvalue weighted by Crippen LogP contribution is -2.04. The predicted molar refractivity (Wildman–Crippen MR) is 78.8 cm³/mol. The van der Waals surface area contributed by atoms with Crippen molar-refractivity contribution in [2.75, 3.05) is 12.4 Å². The number of ether oxygens (including phenoxy) is 1. The summed E-state index contributed by atoms with van der Waals surface area (Å²) in [6.45, 7) is 0. The van der Waals surface area contributed by atoms with Gasteiger partial charge in [0.25, 0.3) is 0 Å². The average Bonchev–Trinajstić information content (AvgIpc) is 2.50. The predicted octanol–water partition coefficient (Wildman–Crippen LogP) is 2.98. The molecule has 0 heterocycles. The number of hydrogen-bond donors (Lipinski definition) is 2. The van der Waals surface area contributed by atoms with Gasteiger partial charge in [0.15, 0.2) is 0 Å². The van der Waals surface area contributed by atoms with Gasteiger partial charge in [-0.15, -0.1) is 0 Å². The van der Waals surface area contributed by atoms with Crippen molar-refractivity contribution in [1.82, 2.24) is 0 Å². The number of rotatable bonds is 5. The number of carboxylic acids is 1. The van der Waals surface area contributed by atoms with Crippen molar-refractivity contribution >= 4 is 23.3 Å². The highest BCUT2D eigenvalue weighted by Crippen LogP contribution is 2.20. The highest BCUT2D eigenvalue weighted by molar-refractivity contribution is 5.89. The molecule has 2 N–H and O–H groups in total. The summed E-state index contributed by atoms with van der Waals surface area (Å²) in [4.78, 5) is 22.1. The first-order valence-electron chi connectivity index (χ1n) is 6.45. The lowest BCUT2D eigenvalue weighted by Gasteiger charge is -2.08. The Morgan fingerprint density at radius 2 is 1.77 bits per heavy atom. The first-order valence-corrected chi connectivity index (χ1v) is 6.45. The zero-order valence-electron chi connectivity index (χ0n) is 11.8. The molecule has 0 fully saturated rings. The van der Waals surface area contributed by atoms with E-state index in [1.807, 2.05) is 0 Å². The van der Waals surface area contributed by atoms with Crippen LogP contribution in [-0.2, 0) is 16.0 Å². The van der Waals surface area contributed by atoms with Gasteiger partial charge in [0, 0.05) is 11.4 Å². The van der Waals surface area contributed by atoms with Gasteiger partial charge in [-0.3, -0.25) is 4.79 Å². The van der Waals surface area contributed by atoms with Gasteiger partial charge in [-0.05, 0) is 35.9 Å². The summed E-state index contributed by atoms with van der Waals surface area (Å²) >= 11 is 0. The molecule has 6 heteroatoms. The number of esters is 1. The summed E-state index contributed by atoms with van der Waals surface area (Å²) in [5, 5.41) is 11.9. The molecule has 0 spiro atoms. The molecule has 0 saturated heterocycles. The highest BCUT2D eigenvalue weighted by atomic mass is 19.1. The second kappa shape index (κ2) is 6.71. The standard InChI is InChI=1S/C16H14FNO4/c1-22-15(19)8-10-2-4-11(5-3-10)18-12-6-7-14(17)13(9-12)16(20)21/h2-7,9,18H,8H2,1H3,(H,20,21). The van der Waals surface area contributed by atoms with E-state index >= 15 is 0 Å². The minimum absolute atomic E-state index is 0.177. The number of carbonyl (C=O) groups is 2. The maximum absolute atomic E-state index is 13.3. The molecule has 22 heavy (non-hydrogen) atoms. The summed E-state index contributed by atoms with van der Waals surface area (Å²) in [5.41, 5.74) is 1.55. The molecule has 0 aliphatic rings. The van der Waals surface area contributed by atoms with Gasteiger partial charge in [-0.25, -0.2) is 9.18 Å². The van der Waals surface area contributed by atoms with Crippen molar-refractivity contribution in [3.8, 4) is 0 Å². The molecular formula is C16H14FNO4. The third-order valence-electron chi connectivity index (χ3n) is 3.02. The van der Waals surface area contributed by atoms with E-state index in [9.17, 15) is 14.0 Å². The van der Waals surface area contributed by atoms with Gasteiger partial charge >= 0.3 is 11.9 Å². The fourth-order valence-corrected chi connectivity index (χ4v) is 1.88. The fraction of sp³-hybridized carbons (Fsp3) is 0.125. The number of methoxy groups -OCH3 is 1. The number of aromatic carboxylic acids is 1. The Hall–Kier alpha value is -2.89. The van der Waals surface area contributed by atoms with E-state index in [0.717, 1.165) is 11.6 Å². The monoisotopic (exact) mass is 303 g/mol. The second-order valence-electron chi connectivity index (χ2n) is 4.57. The van der Waals surface area contributed by atoms with E-state index in [-0.39, 0.29) is 12.4 Å². The van der Waals surface area contributed by atoms with Crippen LogP contribution in [0.5, 0.6) is 0 Å². The van der Waals surface area contributed by atoms with E-state index in [1.54, 1.807) is 24.3 Å². The van der Waals surface area contributed by atoms with Crippen molar-refractivity contribution < 1.29 is 23.8 Å². The van der Waals surface area contributed by atoms with Gasteiger partial charge in [-0.1, -0.05) is 12.1 Å². The molecule has 0 atom stereocenters. The van der Waals surface area contributed by atoms with Gasteiger partial charge in [0.2, 0.25) is 0 Å². The van der Waals surface area contributed by atoms with E-state index in [0.29, 0.717) is 11.4 Å². The molecule has 0 unspecified atom stereocenters. The van der Waals surface area contributed by atoms with Crippen molar-refractivity contribution in [2.24, 2.45) is 0 Å². The molecule has 2 aromatic rings. The zero-order valence-corrected chi connectivity index (χ0v) is 11.8. The summed E-state index contributed by atoms with van der Waals surface area (Å²) in [6.07, 6.45) is 0.177. The molecule has 0 amide bonds. The van der Waals surface area contributed by atoms with Crippen LogP contribution >= 0.6 is 0 Å². The maximum atomic E-state index is 13.3. The third kappa shape index (κ3) is 3.82. The third-order valence-corrected chi connectivity index (χ3v) is 3.02. The quantitative estimate of drug-likeness (QED) is 0.831. The van der Waals surface area contributed by atoms with E-state index < -0.39 is 17.3 Å². The van der Waals surface area contributed by atoms with Gasteiger partial charge < -0.3 is 15.2 Å². The Morgan fingerprint density at radius 1 is 1.14 bits per heavy atom. The molecule has 114 valence electrons. The summed E-state index contributed by atoms with van der Waals surface area (Å²) in [5.74, 6) is -2.44. The number of halogens is 1. The Labute approximate surface area is 126 Å². The molecule has 0 radical (unpaired) electrons. The van der Waals surface area contributed by atoms with Crippen LogP contribution in [0, 0.1) is 5.82 Å². The number of anilines is 2. The van der Waals surface area contributed by atoms with E-state index in [4.69, 9.17) is 5.11 Å². The fourth-order valence-electron chi connectivity index (χ4n) is 1.88. The second-order valence-corrected chi connectivity index (χ2v) is 4.57. The molecule has 0 aliphatic carbocycles. The SMILES string of the molecule is COC(=O)Cc1ccc(Nc2ccc(F)c(C(=O)O)c2)cc1. The van der Waals surface area contributed by atoms with E-state index in [1.165, 1.54) is 19.2 Å². The largest absolute Gasteiger partial charge is 0.478 e. The first-order chi connectivity index (χ1) is 10.5. The van der Waals surface area contributed by atoms with Gasteiger partial charge in [0.05, 0.1) is 19.1 Å². The molecule has 0 saturated carbocycles. The molecule has 0 aromatic heterocycles. The van der Waals surface area contributed by atoms with Gasteiger partial charge in [-0.2, -0.15) is 0 Å². The van der Waals surface area contributed by atoms with Crippen LogP contribution in [0.1, 0.15) is 15.9 Å². The van der Waals surface area contributed by atoms with Crippen LogP contribution in [0.3, 0.4) is 0 Å². The van der Waals surface area contributed by atoms with Gasteiger partial charge in [0.1, 0.15) is 5.82 Å². The summed E-state index contributed by atoms with van der Waals surface area (Å²) in [6, 6.07) is 10.7. The number of nitrogens with one attached hydrogen (secondary N) is 1. The normalized spacial score (nSPS) is 10.1. The summed E-state index contributed by atoms with van der Waals surface area (Å²) < 4.78 is 17.9. The molecule has 0 aliphatic heterocycles. The van der Waals surface area contributed by atoms with Crippen LogP contribution in [-0.4, -0.2) is 24.2 Å². The van der Waals surface area contributed by atoms with Crippen molar-refractivity contribution in [3.63, 3.8) is 0 Å². The van der Waals surface area contributed by atoms with Crippen molar-refractivity contribution in [2.45, 2.75) is 6.42 Å². The van der Waals surface area contributed by atoms with Crippen LogP contribution in [0.4, 0.5) is 15.8 Å².